The molecular weight excluding hydrogens is 349 g/mol. The zero-order chi connectivity index (χ0) is 16.1. The molecule has 0 saturated heterocycles. The minimum absolute atomic E-state index is 0.0857. The number of nitriles is 1. The van der Waals surface area contributed by atoms with Crippen LogP contribution >= 0.6 is 15.9 Å². The molecule has 0 spiro atoms. The van der Waals surface area contributed by atoms with E-state index in [0.29, 0.717) is 4.47 Å². The van der Waals surface area contributed by atoms with E-state index in [-0.39, 0.29) is 28.0 Å². The molecule has 0 unspecified atom stereocenters. The van der Waals surface area contributed by atoms with E-state index in [2.05, 4.69) is 15.9 Å². The molecule has 3 nitrogen and oxygen atoms in total. The number of nitrogens with zero attached hydrogens (tertiary/aromatic N) is 1. The molecule has 0 aliphatic carbocycles. The Labute approximate surface area is 134 Å². The number of phenolic OH excluding ortho intramolecular Hbond substituents is 1. The first-order chi connectivity index (χ1) is 10.6. The third-order valence-corrected chi connectivity index (χ3v) is 3.59. The van der Waals surface area contributed by atoms with Gasteiger partial charge in [-0.2, -0.15) is 5.26 Å². The highest BCUT2D eigenvalue weighted by Crippen LogP contribution is 2.32. The SMILES string of the molecule is N#Cc1ccc(/C=C/C(=C=O)c2cccc(Br)c2O)c(F)c1. The van der Waals surface area contributed by atoms with Crippen molar-refractivity contribution in [1.82, 2.24) is 0 Å². The van der Waals surface area contributed by atoms with Crippen LogP contribution in [0.2, 0.25) is 0 Å². The molecule has 0 aliphatic rings. The van der Waals surface area contributed by atoms with Gasteiger partial charge in [-0.1, -0.05) is 18.2 Å². The summed E-state index contributed by atoms with van der Waals surface area (Å²) in [5, 5.41) is 18.6. The van der Waals surface area contributed by atoms with Gasteiger partial charge >= 0.3 is 0 Å². The highest BCUT2D eigenvalue weighted by atomic mass is 79.9. The average molecular weight is 358 g/mol. The standard InChI is InChI=1S/C17H9BrFNO2/c18-15-3-1-2-14(17(15)22)13(10-21)7-6-12-5-4-11(9-20)8-16(12)19/h1-8,22H/b7-6+. The van der Waals surface area contributed by atoms with Gasteiger partial charge in [-0.05, 0) is 46.3 Å². The number of hydrogen-bond donors (Lipinski definition) is 1. The van der Waals surface area contributed by atoms with Crippen molar-refractivity contribution in [1.29, 1.82) is 5.26 Å². The summed E-state index contributed by atoms with van der Waals surface area (Å²) in [5.74, 6) is 1.06. The van der Waals surface area contributed by atoms with Crippen LogP contribution in [0, 0.1) is 17.1 Å². The molecule has 0 atom stereocenters. The number of allylic oxidation sites excluding steroid dienone is 2. The molecule has 0 aliphatic heterocycles. The van der Waals surface area contributed by atoms with Crippen molar-refractivity contribution in [3.8, 4) is 11.8 Å². The lowest BCUT2D eigenvalue weighted by atomic mass is 10.0. The van der Waals surface area contributed by atoms with Crippen LogP contribution in [-0.4, -0.2) is 11.0 Å². The van der Waals surface area contributed by atoms with Crippen LogP contribution in [0.3, 0.4) is 0 Å². The Kier molecular flexibility index (Phi) is 4.90. The van der Waals surface area contributed by atoms with Crippen LogP contribution in [-0.2, 0) is 4.79 Å². The van der Waals surface area contributed by atoms with Crippen molar-refractivity contribution >= 4 is 33.5 Å². The molecule has 0 heterocycles. The van der Waals surface area contributed by atoms with E-state index in [4.69, 9.17) is 5.26 Å². The molecule has 5 heteroatoms. The fourth-order valence-electron chi connectivity index (χ4n) is 1.82. The summed E-state index contributed by atoms with van der Waals surface area (Å²) in [6, 6.07) is 10.7. The minimum atomic E-state index is -0.570. The maximum Gasteiger partial charge on any atom is 0.138 e. The third-order valence-electron chi connectivity index (χ3n) is 2.95. The predicted molar refractivity (Wildman–Crippen MR) is 85.1 cm³/mol. The first-order valence-corrected chi connectivity index (χ1v) is 6.97. The number of rotatable bonds is 3. The lowest BCUT2D eigenvalue weighted by Crippen LogP contribution is -1.86. The number of hydrogen-bond acceptors (Lipinski definition) is 3. The van der Waals surface area contributed by atoms with E-state index in [1.807, 2.05) is 6.07 Å². The van der Waals surface area contributed by atoms with Crippen molar-refractivity contribution in [3.63, 3.8) is 0 Å². The van der Waals surface area contributed by atoms with Gasteiger partial charge in [-0.3, -0.25) is 0 Å². The van der Waals surface area contributed by atoms with Gasteiger partial charge in [-0.15, -0.1) is 0 Å². The fraction of sp³-hybridized carbons (Fsp3) is 0. The summed E-state index contributed by atoms with van der Waals surface area (Å²) in [5.41, 5.74) is 0.809. The maximum absolute atomic E-state index is 13.8. The number of phenols is 1. The second-order valence-electron chi connectivity index (χ2n) is 4.33. The molecule has 0 fully saturated rings. The summed E-state index contributed by atoms with van der Waals surface area (Å²) >= 11 is 3.16. The normalized spacial score (nSPS) is 10.2. The molecule has 1 N–H and O–H groups in total. The number of aromatic hydroxyl groups is 1. The Hall–Kier alpha value is -2.67. The molecule has 108 valence electrons. The Morgan fingerprint density at radius 3 is 2.73 bits per heavy atom. The molecule has 0 bridgehead atoms. The highest BCUT2D eigenvalue weighted by Gasteiger charge is 2.09. The number of halogens is 2. The topological polar surface area (TPSA) is 61.1 Å². The molecule has 0 amide bonds. The number of carbonyl (C=O) groups excluding carboxylic acids is 1. The molecule has 0 saturated carbocycles. The van der Waals surface area contributed by atoms with Crippen molar-refractivity contribution in [2.75, 3.05) is 0 Å². The lowest BCUT2D eigenvalue weighted by molar-refractivity contribution is 0.470. The quantitative estimate of drug-likeness (QED) is 0.664. The van der Waals surface area contributed by atoms with Gasteiger partial charge in [-0.25, -0.2) is 9.18 Å². The van der Waals surface area contributed by atoms with E-state index in [9.17, 15) is 14.3 Å². The van der Waals surface area contributed by atoms with Crippen LogP contribution in [0.15, 0.2) is 46.9 Å². The van der Waals surface area contributed by atoms with Crippen LogP contribution in [0.1, 0.15) is 16.7 Å². The summed E-state index contributed by atoms with van der Waals surface area (Å²) in [6.45, 7) is 0. The van der Waals surface area contributed by atoms with Gasteiger partial charge in [0.2, 0.25) is 0 Å². The number of benzene rings is 2. The van der Waals surface area contributed by atoms with Gasteiger partial charge in [0.15, 0.2) is 0 Å². The van der Waals surface area contributed by atoms with Gasteiger partial charge in [0, 0.05) is 11.1 Å². The van der Waals surface area contributed by atoms with Gasteiger partial charge in [0.1, 0.15) is 17.5 Å². The summed E-state index contributed by atoms with van der Waals surface area (Å²) in [6.07, 6.45) is 2.75. The second kappa shape index (κ2) is 6.86. The summed E-state index contributed by atoms with van der Waals surface area (Å²) in [4.78, 5) is 11.1. The monoisotopic (exact) mass is 357 g/mol. The smallest absolute Gasteiger partial charge is 0.138 e. The van der Waals surface area contributed by atoms with E-state index < -0.39 is 5.82 Å². The summed E-state index contributed by atoms with van der Waals surface area (Å²) < 4.78 is 14.2. The van der Waals surface area contributed by atoms with Crippen LogP contribution < -0.4 is 0 Å². The van der Waals surface area contributed by atoms with Crippen molar-refractivity contribution in [3.05, 3.63) is 69.5 Å². The average Bonchev–Trinajstić information content (AvgIpc) is 2.52. The Morgan fingerprint density at radius 1 is 1.32 bits per heavy atom. The first-order valence-electron chi connectivity index (χ1n) is 6.17. The molecule has 2 aromatic carbocycles. The Bertz CT molecular complexity index is 846. The van der Waals surface area contributed by atoms with Gasteiger partial charge < -0.3 is 5.11 Å². The van der Waals surface area contributed by atoms with Crippen LogP contribution in [0.4, 0.5) is 4.39 Å². The molecule has 2 aromatic rings. The van der Waals surface area contributed by atoms with E-state index >= 15 is 0 Å². The molecule has 2 rings (SSSR count). The summed E-state index contributed by atoms with van der Waals surface area (Å²) in [7, 11) is 0. The van der Waals surface area contributed by atoms with E-state index in [0.717, 1.165) is 6.07 Å². The highest BCUT2D eigenvalue weighted by molar-refractivity contribution is 9.10. The predicted octanol–water partition coefficient (Wildman–Crippen LogP) is 4.09. The van der Waals surface area contributed by atoms with E-state index in [1.165, 1.54) is 24.3 Å². The zero-order valence-electron chi connectivity index (χ0n) is 11.2. The van der Waals surface area contributed by atoms with E-state index in [1.54, 1.807) is 24.1 Å². The molecular formula is C17H9BrFNO2. The van der Waals surface area contributed by atoms with Crippen LogP contribution in [0.25, 0.3) is 11.6 Å². The maximum atomic E-state index is 13.8. The van der Waals surface area contributed by atoms with Crippen molar-refractivity contribution < 1.29 is 14.3 Å². The van der Waals surface area contributed by atoms with Crippen molar-refractivity contribution in [2.45, 2.75) is 0 Å². The van der Waals surface area contributed by atoms with Gasteiger partial charge in [0.25, 0.3) is 0 Å². The molecule has 0 aromatic heterocycles. The first kappa shape index (κ1) is 15.7. The lowest BCUT2D eigenvalue weighted by Gasteiger charge is -2.04. The molecule has 0 radical (unpaired) electrons. The Balaban J connectivity index is 2.38. The minimum Gasteiger partial charge on any atom is -0.506 e. The Morgan fingerprint density at radius 2 is 2.09 bits per heavy atom. The largest absolute Gasteiger partial charge is 0.506 e. The van der Waals surface area contributed by atoms with Gasteiger partial charge in [0.05, 0.1) is 21.7 Å². The number of para-hydroxylation sites is 1. The second-order valence-corrected chi connectivity index (χ2v) is 5.19. The van der Waals surface area contributed by atoms with Crippen LogP contribution in [0.5, 0.6) is 5.75 Å². The van der Waals surface area contributed by atoms with Crippen molar-refractivity contribution in [2.24, 2.45) is 0 Å². The zero-order valence-corrected chi connectivity index (χ0v) is 12.8. The fourth-order valence-corrected chi connectivity index (χ4v) is 2.18. The molecule has 22 heavy (non-hydrogen) atoms. The third kappa shape index (κ3) is 3.32.